The Morgan fingerprint density at radius 2 is 1.93 bits per heavy atom. The molecule has 3 heterocycles. The third kappa shape index (κ3) is 4.57. The Morgan fingerprint density at radius 1 is 1.21 bits per heavy atom. The van der Waals surface area contributed by atoms with E-state index < -0.39 is 0 Å². The Balaban J connectivity index is 1.49. The molecular weight excluding hydrogens is 430 g/mol. The zero-order valence-electron chi connectivity index (χ0n) is 15.9. The summed E-state index contributed by atoms with van der Waals surface area (Å²) in [6.45, 7) is 1.93. The lowest BCUT2D eigenvalue weighted by Crippen LogP contribution is -2.29. The van der Waals surface area contributed by atoms with Crippen molar-refractivity contribution >= 4 is 61.8 Å². The predicted octanol–water partition coefficient (Wildman–Crippen LogP) is 3.76. The van der Waals surface area contributed by atoms with Gasteiger partial charge >= 0.3 is 0 Å². The summed E-state index contributed by atoms with van der Waals surface area (Å²) in [6, 6.07) is 6.90. The average molecular weight is 450 g/mol. The van der Waals surface area contributed by atoms with E-state index in [2.05, 4.69) is 20.2 Å². The number of hydrogen-bond acceptors (Lipinski definition) is 7. The molecule has 1 amide bonds. The molecule has 0 spiro atoms. The predicted molar refractivity (Wildman–Crippen MR) is 120 cm³/mol. The van der Waals surface area contributed by atoms with Crippen molar-refractivity contribution in [3.63, 3.8) is 0 Å². The van der Waals surface area contributed by atoms with Gasteiger partial charge < -0.3 is 10.2 Å². The van der Waals surface area contributed by atoms with E-state index in [-0.39, 0.29) is 17.2 Å². The number of rotatable bonds is 5. The molecule has 1 aliphatic heterocycles. The van der Waals surface area contributed by atoms with Gasteiger partial charge in [-0.3, -0.25) is 14.2 Å². The first kappa shape index (κ1) is 20.2. The third-order valence-corrected chi connectivity index (χ3v) is 7.05. The molecular formula is C19H20ClN5O2S2. The van der Waals surface area contributed by atoms with Gasteiger partial charge in [0.1, 0.15) is 4.70 Å². The number of nitrogens with zero attached hydrogens (tertiary/aromatic N) is 4. The second-order valence-electron chi connectivity index (χ2n) is 6.80. The standard InChI is InChI=1S/C19H20ClN5O2S2/c1-24-17(27)15-16(23-19(29-15)25-9-3-2-4-10-25)22-18(24)28-11-14(26)21-13-7-5-12(20)6-8-13/h5-8H,2-4,9-11H2,1H3,(H,21,26). The van der Waals surface area contributed by atoms with Crippen LogP contribution in [0.4, 0.5) is 10.8 Å². The quantitative estimate of drug-likeness (QED) is 0.471. The van der Waals surface area contributed by atoms with Crippen molar-refractivity contribution in [3.05, 3.63) is 39.6 Å². The molecule has 1 saturated heterocycles. The summed E-state index contributed by atoms with van der Waals surface area (Å²) in [5.74, 6) is -0.0451. The maximum absolute atomic E-state index is 12.8. The monoisotopic (exact) mass is 449 g/mol. The van der Waals surface area contributed by atoms with E-state index in [0.29, 0.717) is 26.2 Å². The third-order valence-electron chi connectivity index (χ3n) is 4.67. The molecule has 1 fully saturated rings. The number of carbonyl (C=O) groups is 1. The van der Waals surface area contributed by atoms with Crippen LogP contribution < -0.4 is 15.8 Å². The van der Waals surface area contributed by atoms with Gasteiger partial charge in [0.25, 0.3) is 5.56 Å². The Morgan fingerprint density at radius 3 is 2.66 bits per heavy atom. The fourth-order valence-corrected chi connectivity index (χ4v) is 5.05. The highest BCUT2D eigenvalue weighted by Gasteiger charge is 2.19. The molecule has 7 nitrogen and oxygen atoms in total. The highest BCUT2D eigenvalue weighted by molar-refractivity contribution is 7.99. The molecule has 152 valence electrons. The van der Waals surface area contributed by atoms with Gasteiger partial charge in [-0.25, -0.2) is 4.98 Å². The second-order valence-corrected chi connectivity index (χ2v) is 9.16. The maximum atomic E-state index is 12.8. The van der Waals surface area contributed by atoms with Gasteiger partial charge in [-0.1, -0.05) is 34.7 Å². The van der Waals surface area contributed by atoms with Crippen LogP contribution in [0.5, 0.6) is 0 Å². The summed E-state index contributed by atoms with van der Waals surface area (Å²) in [6.07, 6.45) is 3.52. The number of amides is 1. The van der Waals surface area contributed by atoms with Gasteiger partial charge in [-0.2, -0.15) is 4.98 Å². The molecule has 1 aromatic carbocycles. The zero-order valence-corrected chi connectivity index (χ0v) is 18.2. The van der Waals surface area contributed by atoms with Gasteiger partial charge in [0, 0.05) is 30.8 Å². The van der Waals surface area contributed by atoms with Crippen LogP contribution in [0.3, 0.4) is 0 Å². The highest BCUT2D eigenvalue weighted by atomic mass is 35.5. The Labute approximate surface area is 181 Å². The van der Waals surface area contributed by atoms with Crippen LogP contribution in [0.25, 0.3) is 10.3 Å². The summed E-state index contributed by atoms with van der Waals surface area (Å²) in [7, 11) is 1.68. The van der Waals surface area contributed by atoms with Crippen LogP contribution in [0.15, 0.2) is 34.2 Å². The number of fused-ring (bicyclic) bond motifs is 1. The van der Waals surface area contributed by atoms with Crippen molar-refractivity contribution in [2.24, 2.45) is 7.05 Å². The van der Waals surface area contributed by atoms with E-state index in [1.807, 2.05) is 0 Å². The number of aromatic nitrogens is 3. The van der Waals surface area contributed by atoms with Crippen LogP contribution in [0, 0.1) is 0 Å². The lowest BCUT2D eigenvalue weighted by molar-refractivity contribution is -0.113. The fraction of sp³-hybridized carbons (Fsp3) is 0.368. The van der Waals surface area contributed by atoms with E-state index in [0.717, 1.165) is 31.1 Å². The van der Waals surface area contributed by atoms with Crippen LogP contribution in [-0.2, 0) is 11.8 Å². The molecule has 0 radical (unpaired) electrons. The molecule has 0 bridgehead atoms. The Bertz CT molecular complexity index is 1090. The number of hydrogen-bond donors (Lipinski definition) is 1. The van der Waals surface area contributed by atoms with Crippen molar-refractivity contribution in [1.82, 2.24) is 14.5 Å². The van der Waals surface area contributed by atoms with E-state index in [1.54, 1.807) is 31.3 Å². The van der Waals surface area contributed by atoms with Crippen LogP contribution in [0.1, 0.15) is 19.3 Å². The van der Waals surface area contributed by atoms with Crippen molar-refractivity contribution in [1.29, 1.82) is 0 Å². The van der Waals surface area contributed by atoms with Crippen LogP contribution in [0.2, 0.25) is 5.02 Å². The summed E-state index contributed by atoms with van der Waals surface area (Å²) in [5.41, 5.74) is 0.999. The van der Waals surface area contributed by atoms with Crippen molar-refractivity contribution < 1.29 is 4.79 Å². The molecule has 0 aliphatic carbocycles. The van der Waals surface area contributed by atoms with E-state index >= 15 is 0 Å². The van der Waals surface area contributed by atoms with Crippen LogP contribution >= 0.6 is 34.7 Å². The summed E-state index contributed by atoms with van der Waals surface area (Å²) in [5, 5.41) is 4.74. The van der Waals surface area contributed by atoms with Gasteiger partial charge in [0.2, 0.25) is 5.91 Å². The largest absolute Gasteiger partial charge is 0.348 e. The highest BCUT2D eigenvalue weighted by Crippen LogP contribution is 2.29. The second kappa shape index (κ2) is 8.73. The molecule has 0 atom stereocenters. The first-order chi connectivity index (χ1) is 14.0. The minimum atomic E-state index is -0.182. The van der Waals surface area contributed by atoms with Crippen molar-refractivity contribution in [2.75, 3.05) is 29.1 Å². The Kier molecular flexibility index (Phi) is 6.07. The lowest BCUT2D eigenvalue weighted by Gasteiger charge is -2.25. The van der Waals surface area contributed by atoms with Crippen molar-refractivity contribution in [2.45, 2.75) is 24.4 Å². The van der Waals surface area contributed by atoms with Crippen molar-refractivity contribution in [3.8, 4) is 0 Å². The zero-order chi connectivity index (χ0) is 20.4. The Hall–Kier alpha value is -2.10. The van der Waals surface area contributed by atoms with E-state index in [1.165, 1.54) is 34.1 Å². The SMILES string of the molecule is Cn1c(SCC(=O)Nc2ccc(Cl)cc2)nc2nc(N3CCCCC3)sc2c1=O. The fourth-order valence-electron chi connectivity index (χ4n) is 3.13. The van der Waals surface area contributed by atoms with Gasteiger partial charge in [-0.15, -0.1) is 0 Å². The number of thiazole rings is 1. The van der Waals surface area contributed by atoms with E-state index in [9.17, 15) is 9.59 Å². The number of carbonyl (C=O) groups excluding carboxylic acids is 1. The van der Waals surface area contributed by atoms with E-state index in [4.69, 9.17) is 11.6 Å². The first-order valence-electron chi connectivity index (χ1n) is 9.32. The number of piperidine rings is 1. The number of thioether (sulfide) groups is 1. The molecule has 0 saturated carbocycles. The molecule has 1 aliphatic rings. The number of nitrogens with one attached hydrogen (secondary N) is 1. The smallest absolute Gasteiger partial charge is 0.273 e. The summed E-state index contributed by atoms with van der Waals surface area (Å²) >= 11 is 8.47. The molecule has 0 unspecified atom stereocenters. The topological polar surface area (TPSA) is 80.1 Å². The molecule has 4 rings (SSSR count). The molecule has 10 heteroatoms. The number of halogens is 1. The lowest BCUT2D eigenvalue weighted by atomic mass is 10.1. The minimum absolute atomic E-state index is 0.128. The number of benzene rings is 1. The molecule has 2 aromatic heterocycles. The summed E-state index contributed by atoms with van der Waals surface area (Å²) < 4.78 is 2.05. The molecule has 3 aromatic rings. The van der Waals surface area contributed by atoms with Gasteiger partial charge in [-0.05, 0) is 43.5 Å². The summed E-state index contributed by atoms with van der Waals surface area (Å²) in [4.78, 5) is 36.4. The normalized spacial score (nSPS) is 14.3. The number of anilines is 2. The molecule has 29 heavy (non-hydrogen) atoms. The maximum Gasteiger partial charge on any atom is 0.273 e. The average Bonchev–Trinajstić information content (AvgIpc) is 3.16. The van der Waals surface area contributed by atoms with Gasteiger partial charge in [0.05, 0.1) is 5.75 Å². The molecule has 1 N–H and O–H groups in total. The first-order valence-corrected chi connectivity index (χ1v) is 11.5. The van der Waals surface area contributed by atoms with Crippen LogP contribution in [-0.4, -0.2) is 39.3 Å². The van der Waals surface area contributed by atoms with Gasteiger partial charge in [0.15, 0.2) is 15.9 Å². The minimum Gasteiger partial charge on any atom is -0.348 e.